The second-order valence-corrected chi connectivity index (χ2v) is 9.06. The van der Waals surface area contributed by atoms with Crippen LogP contribution in [0.25, 0.3) is 16.7 Å². The lowest BCUT2D eigenvalue weighted by atomic mass is 10.2. The van der Waals surface area contributed by atoms with E-state index in [9.17, 15) is 0 Å². The van der Waals surface area contributed by atoms with E-state index >= 15 is 4.39 Å². The summed E-state index contributed by atoms with van der Waals surface area (Å²) in [6.45, 7) is 4.90. The zero-order valence-electron chi connectivity index (χ0n) is 19.8. The molecule has 0 radical (unpaired) electrons. The Morgan fingerprint density at radius 1 is 1.16 bits per heavy atom. The molecular formula is C25H22FN9O2. The lowest BCUT2D eigenvalue weighted by Crippen LogP contribution is -2.51. The highest BCUT2D eigenvalue weighted by molar-refractivity contribution is 5.90. The molecule has 0 unspecified atom stereocenters. The van der Waals surface area contributed by atoms with E-state index in [0.717, 1.165) is 31.0 Å². The number of hydrogen-bond donors (Lipinski definition) is 2. The van der Waals surface area contributed by atoms with Gasteiger partial charge in [0.1, 0.15) is 42.1 Å². The molecule has 1 aromatic carbocycles. The number of benzene rings is 1. The van der Waals surface area contributed by atoms with E-state index in [0.29, 0.717) is 46.4 Å². The summed E-state index contributed by atoms with van der Waals surface area (Å²) < 4.78 is 28.8. The third kappa shape index (κ3) is 3.91. The number of ether oxygens (including phenoxy) is 2. The monoisotopic (exact) mass is 499 g/mol. The molecule has 2 N–H and O–H groups in total. The van der Waals surface area contributed by atoms with Gasteiger partial charge >= 0.3 is 0 Å². The van der Waals surface area contributed by atoms with Crippen molar-refractivity contribution in [3.8, 4) is 17.2 Å². The third-order valence-corrected chi connectivity index (χ3v) is 6.55. The summed E-state index contributed by atoms with van der Waals surface area (Å²) in [7, 11) is 0. The maximum absolute atomic E-state index is 15.2. The summed E-state index contributed by atoms with van der Waals surface area (Å²) in [5, 5.41) is 10.6. The number of fused-ring (bicyclic) bond motifs is 6. The maximum Gasteiger partial charge on any atom is 0.172 e. The van der Waals surface area contributed by atoms with E-state index in [1.165, 1.54) is 18.7 Å². The predicted molar refractivity (Wildman–Crippen MR) is 134 cm³/mol. The van der Waals surface area contributed by atoms with Gasteiger partial charge in [0.05, 0.1) is 17.2 Å². The molecule has 0 amide bonds. The minimum Gasteiger partial charge on any atom is -0.488 e. The van der Waals surface area contributed by atoms with Crippen LogP contribution in [0.4, 0.5) is 21.7 Å². The van der Waals surface area contributed by atoms with Gasteiger partial charge in [0.15, 0.2) is 23.0 Å². The number of halogens is 1. The Bertz CT molecular complexity index is 1660. The first-order valence-corrected chi connectivity index (χ1v) is 11.9. The first-order chi connectivity index (χ1) is 18.1. The van der Waals surface area contributed by atoms with Crippen LogP contribution in [0.1, 0.15) is 5.56 Å². The highest BCUT2D eigenvalue weighted by Gasteiger charge is 2.28. The van der Waals surface area contributed by atoms with E-state index in [1.54, 1.807) is 28.9 Å². The number of piperazine rings is 1. The van der Waals surface area contributed by atoms with Crippen molar-refractivity contribution in [1.29, 1.82) is 0 Å². The van der Waals surface area contributed by atoms with E-state index in [2.05, 4.69) is 35.6 Å². The van der Waals surface area contributed by atoms with Gasteiger partial charge in [0.2, 0.25) is 0 Å². The summed E-state index contributed by atoms with van der Waals surface area (Å²) in [5.74, 6) is 2.29. The maximum atomic E-state index is 15.2. The van der Waals surface area contributed by atoms with Crippen LogP contribution in [0, 0.1) is 12.7 Å². The lowest BCUT2D eigenvalue weighted by molar-refractivity contribution is 0.271. The minimum atomic E-state index is -0.487. The Labute approximate surface area is 210 Å². The summed E-state index contributed by atoms with van der Waals surface area (Å²) in [5.41, 5.74) is 2.79. The fraction of sp³-hybridized carbons (Fsp3) is 0.240. The van der Waals surface area contributed by atoms with Gasteiger partial charge in [0, 0.05) is 44.0 Å². The minimum absolute atomic E-state index is 0.242. The SMILES string of the molecule is Cc1cc(Nc2ncnc3cc4c(nc23)N2CCN[C@H](CO4)C2)c(F)cc1Oc1ccn2ncnc2c1. The number of hydrogen-bond acceptors (Lipinski definition) is 10. The van der Waals surface area contributed by atoms with Crippen molar-refractivity contribution in [3.05, 3.63) is 60.6 Å². The number of anilines is 3. The van der Waals surface area contributed by atoms with Gasteiger partial charge in [0.25, 0.3) is 0 Å². The second-order valence-electron chi connectivity index (χ2n) is 9.06. The Morgan fingerprint density at radius 3 is 3.05 bits per heavy atom. The highest BCUT2D eigenvalue weighted by atomic mass is 19.1. The molecule has 7 rings (SSSR count). The van der Waals surface area contributed by atoms with Gasteiger partial charge in [-0.15, -0.1) is 0 Å². The van der Waals surface area contributed by atoms with Crippen LogP contribution in [0.3, 0.4) is 0 Å². The molecule has 1 fully saturated rings. The van der Waals surface area contributed by atoms with Crippen LogP contribution in [0.15, 0.2) is 49.2 Å². The summed E-state index contributed by atoms with van der Waals surface area (Å²) in [6.07, 6.45) is 4.62. The standard InChI is InChI=1S/C25H22FN9O2/c1-14-6-18(17(26)8-20(14)37-16-2-4-35-22(7-16)29-13-31-35)32-24-23-19(28-12-30-24)9-21-25(33-23)34-5-3-27-15(10-34)11-36-21/h2,4,6-9,12-13,15,27H,3,5,10-11H2,1H3,(H,28,30,32)/t15-/m0/s1. The molecule has 1 atom stereocenters. The fourth-order valence-electron chi connectivity index (χ4n) is 4.69. The molecule has 0 spiro atoms. The largest absolute Gasteiger partial charge is 0.488 e. The highest BCUT2D eigenvalue weighted by Crippen LogP contribution is 2.36. The van der Waals surface area contributed by atoms with E-state index < -0.39 is 5.82 Å². The molecule has 12 heteroatoms. The third-order valence-electron chi connectivity index (χ3n) is 6.55. The van der Waals surface area contributed by atoms with Crippen molar-refractivity contribution >= 4 is 34.0 Å². The molecule has 0 saturated carbocycles. The van der Waals surface area contributed by atoms with Crippen LogP contribution in [0.2, 0.25) is 0 Å². The van der Waals surface area contributed by atoms with Crippen LogP contribution in [0.5, 0.6) is 17.2 Å². The van der Waals surface area contributed by atoms with E-state index in [4.69, 9.17) is 14.5 Å². The van der Waals surface area contributed by atoms with Crippen molar-refractivity contribution in [2.45, 2.75) is 13.0 Å². The van der Waals surface area contributed by atoms with Crippen molar-refractivity contribution in [2.24, 2.45) is 0 Å². The summed E-state index contributed by atoms with van der Waals surface area (Å²) >= 11 is 0. The quantitative estimate of drug-likeness (QED) is 0.382. The number of pyridine rings is 2. The van der Waals surface area contributed by atoms with E-state index in [1.807, 2.05) is 13.0 Å². The van der Waals surface area contributed by atoms with Crippen LogP contribution in [-0.4, -0.2) is 61.8 Å². The van der Waals surface area contributed by atoms with Gasteiger partial charge in [-0.2, -0.15) is 5.10 Å². The first kappa shape index (κ1) is 21.7. The molecule has 4 aromatic heterocycles. The van der Waals surface area contributed by atoms with Gasteiger partial charge in [-0.25, -0.2) is 28.8 Å². The smallest absolute Gasteiger partial charge is 0.172 e. The van der Waals surface area contributed by atoms with Crippen molar-refractivity contribution in [3.63, 3.8) is 0 Å². The first-order valence-electron chi connectivity index (χ1n) is 11.9. The van der Waals surface area contributed by atoms with Gasteiger partial charge in [-0.1, -0.05) is 0 Å². The molecule has 11 nitrogen and oxygen atoms in total. The normalized spacial score (nSPS) is 16.8. The molecule has 1 saturated heterocycles. The van der Waals surface area contributed by atoms with Gasteiger partial charge < -0.3 is 25.0 Å². The Balaban J connectivity index is 1.21. The number of aryl methyl sites for hydroxylation is 1. The van der Waals surface area contributed by atoms with Crippen molar-refractivity contribution in [2.75, 3.05) is 36.5 Å². The molecule has 5 aromatic rings. The number of rotatable bonds is 4. The average Bonchev–Trinajstić information content (AvgIpc) is 3.34. The number of nitrogens with one attached hydrogen (secondary N) is 2. The molecule has 2 aliphatic heterocycles. The lowest BCUT2D eigenvalue weighted by Gasteiger charge is -2.31. The Kier molecular flexibility index (Phi) is 4.99. The molecule has 6 heterocycles. The van der Waals surface area contributed by atoms with Gasteiger partial charge in [-0.05, 0) is 24.6 Å². The molecule has 37 heavy (non-hydrogen) atoms. The van der Waals surface area contributed by atoms with Crippen molar-refractivity contribution < 1.29 is 13.9 Å². The second kappa shape index (κ2) is 8.52. The average molecular weight is 500 g/mol. The zero-order chi connectivity index (χ0) is 24.9. The topological polar surface area (TPSA) is 115 Å². The summed E-state index contributed by atoms with van der Waals surface area (Å²) in [4.78, 5) is 20.0. The summed E-state index contributed by atoms with van der Waals surface area (Å²) in [6, 6.07) is 8.63. The van der Waals surface area contributed by atoms with Crippen LogP contribution >= 0.6 is 0 Å². The number of aromatic nitrogens is 6. The van der Waals surface area contributed by atoms with Crippen LogP contribution < -0.4 is 25.0 Å². The molecular weight excluding hydrogens is 477 g/mol. The Morgan fingerprint density at radius 2 is 2.11 bits per heavy atom. The van der Waals surface area contributed by atoms with Gasteiger partial charge in [-0.3, -0.25) is 0 Å². The van der Waals surface area contributed by atoms with Crippen molar-refractivity contribution in [1.82, 2.24) is 34.9 Å². The molecule has 186 valence electrons. The van der Waals surface area contributed by atoms with E-state index in [-0.39, 0.29) is 11.7 Å². The fourth-order valence-corrected chi connectivity index (χ4v) is 4.69. The predicted octanol–water partition coefficient (Wildman–Crippen LogP) is 3.22. The van der Waals surface area contributed by atoms with Crippen LogP contribution in [-0.2, 0) is 0 Å². The molecule has 2 bridgehead atoms. The number of nitrogens with zero attached hydrogens (tertiary/aromatic N) is 7. The molecule has 0 aliphatic carbocycles. The molecule has 2 aliphatic rings. The zero-order valence-corrected chi connectivity index (χ0v) is 19.8. The Hall–Kier alpha value is -4.58.